The highest BCUT2D eigenvalue weighted by Crippen LogP contribution is 2.31. The summed E-state index contributed by atoms with van der Waals surface area (Å²) in [6.45, 7) is 0.545. The van der Waals surface area contributed by atoms with Gasteiger partial charge in [0.25, 0.3) is 10.0 Å². The predicted molar refractivity (Wildman–Crippen MR) is 72.6 cm³/mol. The number of nitrogens with one attached hydrogen (secondary N) is 2. The van der Waals surface area contributed by atoms with E-state index in [1.165, 1.54) is 18.2 Å². The largest absolute Gasteiger partial charge is 0.490 e. The molecule has 1 aromatic rings. The molecular weight excluding hydrogens is 314 g/mol. The quantitative estimate of drug-likeness (QED) is 0.730. The Morgan fingerprint density at radius 3 is 2.55 bits per heavy atom. The van der Waals surface area contributed by atoms with E-state index >= 15 is 0 Å². The summed E-state index contributed by atoms with van der Waals surface area (Å²) in [5, 5.41) is 2.67. The maximum absolute atomic E-state index is 12.3. The van der Waals surface area contributed by atoms with Crippen molar-refractivity contribution in [1.82, 2.24) is 15.2 Å². The van der Waals surface area contributed by atoms with Crippen LogP contribution in [0.3, 0.4) is 0 Å². The molecule has 2 heterocycles. The minimum atomic E-state index is -4.02. The van der Waals surface area contributed by atoms with E-state index in [4.69, 9.17) is 9.47 Å². The van der Waals surface area contributed by atoms with Crippen molar-refractivity contribution in [3.8, 4) is 11.5 Å². The summed E-state index contributed by atoms with van der Waals surface area (Å²) in [6.07, 6.45) is 0.699. The third-order valence-electron chi connectivity index (χ3n) is 3.05. The van der Waals surface area contributed by atoms with Crippen LogP contribution < -0.4 is 19.6 Å². The molecule has 1 saturated heterocycles. The Hall–Kier alpha value is -2.33. The first-order valence-corrected chi connectivity index (χ1v) is 7.97. The number of nitrogens with zero attached hydrogens (tertiary/aromatic N) is 1. The maximum atomic E-state index is 12.3. The van der Waals surface area contributed by atoms with E-state index in [9.17, 15) is 18.0 Å². The minimum absolute atomic E-state index is 0.0936. The molecule has 2 aliphatic rings. The van der Waals surface area contributed by atoms with Crippen molar-refractivity contribution < 1.29 is 27.5 Å². The third kappa shape index (κ3) is 2.83. The van der Waals surface area contributed by atoms with E-state index in [1.54, 1.807) is 0 Å². The van der Waals surface area contributed by atoms with Gasteiger partial charge in [-0.15, -0.1) is 4.83 Å². The lowest BCUT2D eigenvalue weighted by Gasteiger charge is -2.16. The molecule has 1 fully saturated rings. The Balaban J connectivity index is 1.84. The van der Waals surface area contributed by atoms with Crippen LogP contribution in [0.25, 0.3) is 0 Å². The van der Waals surface area contributed by atoms with Crippen LogP contribution in [0.5, 0.6) is 11.5 Å². The highest BCUT2D eigenvalue weighted by atomic mass is 32.2. The number of carbonyl (C=O) groups is 2. The van der Waals surface area contributed by atoms with E-state index < -0.39 is 22.0 Å². The molecule has 0 atom stereocenters. The first-order chi connectivity index (χ1) is 10.5. The number of carbonyl (C=O) groups excluding carboxylic acids is 2. The second-order valence-corrected chi connectivity index (χ2v) is 6.35. The van der Waals surface area contributed by atoms with Crippen LogP contribution >= 0.6 is 0 Å². The molecule has 0 radical (unpaired) electrons. The van der Waals surface area contributed by atoms with Crippen LogP contribution in [-0.4, -0.2) is 45.1 Å². The monoisotopic (exact) mass is 327 g/mol. The fraction of sp³-hybridized carbons (Fsp3) is 0.333. The summed E-state index contributed by atoms with van der Waals surface area (Å²) in [6, 6.07) is 3.33. The number of benzene rings is 1. The van der Waals surface area contributed by atoms with Gasteiger partial charge < -0.3 is 9.47 Å². The number of amides is 3. The third-order valence-corrected chi connectivity index (χ3v) is 4.39. The Labute approximate surface area is 126 Å². The molecule has 3 rings (SSSR count). The standard InChI is InChI=1S/C12H13N3O6S/c16-11-7-15(12(17)13-11)14-22(18,19)8-2-3-9-10(6-8)21-5-1-4-20-9/h2-3,6,14H,1,4-5,7H2,(H,13,16,17). The molecule has 0 saturated carbocycles. The van der Waals surface area contributed by atoms with Crippen LogP contribution in [-0.2, 0) is 14.8 Å². The maximum Gasteiger partial charge on any atom is 0.339 e. The SMILES string of the molecule is O=C1CN(NS(=O)(=O)c2ccc3c(c2)OCCCO3)C(=O)N1. The number of imide groups is 1. The second kappa shape index (κ2) is 5.46. The summed E-state index contributed by atoms with van der Waals surface area (Å²) in [5.41, 5.74) is 0. The summed E-state index contributed by atoms with van der Waals surface area (Å²) in [4.78, 5) is 24.4. The second-order valence-electron chi connectivity index (χ2n) is 4.69. The zero-order chi connectivity index (χ0) is 15.7. The zero-order valence-corrected chi connectivity index (χ0v) is 12.2. The Kier molecular flexibility index (Phi) is 3.62. The number of ether oxygens (including phenoxy) is 2. The van der Waals surface area contributed by atoms with Gasteiger partial charge >= 0.3 is 6.03 Å². The van der Waals surface area contributed by atoms with Crippen molar-refractivity contribution in [3.05, 3.63) is 18.2 Å². The molecule has 0 unspecified atom stereocenters. The minimum Gasteiger partial charge on any atom is -0.490 e. The Morgan fingerprint density at radius 2 is 1.86 bits per heavy atom. The van der Waals surface area contributed by atoms with Crippen LogP contribution in [0.15, 0.2) is 23.1 Å². The number of fused-ring (bicyclic) bond motifs is 1. The number of urea groups is 1. The molecule has 0 aliphatic carbocycles. The predicted octanol–water partition coefficient (Wildman–Crippen LogP) is -0.407. The van der Waals surface area contributed by atoms with Crippen molar-refractivity contribution in [2.24, 2.45) is 0 Å². The van der Waals surface area contributed by atoms with Gasteiger partial charge in [0.2, 0.25) is 5.91 Å². The summed E-state index contributed by atoms with van der Waals surface area (Å²) in [7, 11) is -4.02. The van der Waals surface area contributed by atoms with Crippen molar-refractivity contribution >= 4 is 22.0 Å². The molecule has 3 amide bonds. The topological polar surface area (TPSA) is 114 Å². The van der Waals surface area contributed by atoms with Crippen LogP contribution in [0.4, 0.5) is 4.79 Å². The molecule has 2 aliphatic heterocycles. The average Bonchev–Trinajstić information content (AvgIpc) is 2.66. The van der Waals surface area contributed by atoms with Gasteiger partial charge in [-0.05, 0) is 12.1 Å². The fourth-order valence-corrected chi connectivity index (χ4v) is 3.08. The Morgan fingerprint density at radius 1 is 1.14 bits per heavy atom. The van der Waals surface area contributed by atoms with Gasteiger partial charge in [0.1, 0.15) is 6.54 Å². The first-order valence-electron chi connectivity index (χ1n) is 6.49. The summed E-state index contributed by atoms with van der Waals surface area (Å²) in [5.74, 6) is 0.208. The van der Waals surface area contributed by atoms with E-state index in [1.807, 2.05) is 5.32 Å². The highest BCUT2D eigenvalue weighted by molar-refractivity contribution is 7.89. The Bertz CT molecular complexity index is 732. The van der Waals surface area contributed by atoms with Crippen molar-refractivity contribution in [2.75, 3.05) is 19.8 Å². The molecule has 10 heteroatoms. The van der Waals surface area contributed by atoms with Gasteiger partial charge in [-0.3, -0.25) is 10.1 Å². The van der Waals surface area contributed by atoms with E-state index in [0.717, 1.165) is 0 Å². The van der Waals surface area contributed by atoms with Gasteiger partial charge in [-0.25, -0.2) is 18.2 Å². The molecule has 0 bridgehead atoms. The first kappa shape index (κ1) is 14.6. The molecule has 0 spiro atoms. The number of rotatable bonds is 3. The molecule has 118 valence electrons. The molecular formula is C12H13N3O6S. The van der Waals surface area contributed by atoms with E-state index in [-0.39, 0.29) is 11.4 Å². The summed E-state index contributed by atoms with van der Waals surface area (Å²) >= 11 is 0. The molecule has 2 N–H and O–H groups in total. The lowest BCUT2D eigenvalue weighted by Crippen LogP contribution is -2.44. The summed E-state index contributed by atoms with van der Waals surface area (Å²) < 4.78 is 35.4. The smallest absolute Gasteiger partial charge is 0.339 e. The average molecular weight is 327 g/mol. The zero-order valence-electron chi connectivity index (χ0n) is 11.4. The van der Waals surface area contributed by atoms with Crippen molar-refractivity contribution in [1.29, 1.82) is 0 Å². The highest BCUT2D eigenvalue weighted by Gasteiger charge is 2.31. The normalized spacial score (nSPS) is 18.1. The van der Waals surface area contributed by atoms with Gasteiger partial charge in [0.05, 0.1) is 18.1 Å². The van der Waals surface area contributed by atoms with E-state index in [2.05, 4.69) is 4.83 Å². The van der Waals surface area contributed by atoms with E-state index in [0.29, 0.717) is 36.1 Å². The molecule has 0 aromatic heterocycles. The van der Waals surface area contributed by atoms with Crippen molar-refractivity contribution in [2.45, 2.75) is 11.3 Å². The lowest BCUT2D eigenvalue weighted by molar-refractivity contribution is -0.118. The van der Waals surface area contributed by atoms with Crippen LogP contribution in [0, 0.1) is 0 Å². The van der Waals surface area contributed by atoms with Crippen molar-refractivity contribution in [3.63, 3.8) is 0 Å². The number of hydrogen-bond acceptors (Lipinski definition) is 6. The molecule has 9 nitrogen and oxygen atoms in total. The fourth-order valence-electron chi connectivity index (χ4n) is 2.02. The number of hydrogen-bond donors (Lipinski definition) is 2. The molecule has 22 heavy (non-hydrogen) atoms. The van der Waals surface area contributed by atoms with Gasteiger partial charge in [-0.1, -0.05) is 0 Å². The van der Waals surface area contributed by atoms with Gasteiger partial charge in [0, 0.05) is 12.5 Å². The van der Waals surface area contributed by atoms with Gasteiger partial charge in [-0.2, -0.15) is 0 Å². The van der Waals surface area contributed by atoms with Crippen LogP contribution in [0.2, 0.25) is 0 Å². The molecule has 1 aromatic carbocycles. The number of hydrazine groups is 1. The lowest BCUT2D eigenvalue weighted by atomic mass is 10.3. The van der Waals surface area contributed by atoms with Gasteiger partial charge in [0.15, 0.2) is 11.5 Å². The van der Waals surface area contributed by atoms with Crippen LogP contribution in [0.1, 0.15) is 6.42 Å². The number of sulfonamides is 1.